The van der Waals surface area contributed by atoms with Gasteiger partial charge in [-0.1, -0.05) is 43.3 Å². The fourth-order valence-electron chi connectivity index (χ4n) is 2.95. The van der Waals surface area contributed by atoms with Crippen LogP contribution in [0, 0.1) is 13.8 Å². The molecule has 4 heteroatoms. The number of hydrogen-bond donors (Lipinski definition) is 0. The molecule has 2 heterocycles. The molecule has 0 N–H and O–H groups in total. The molecule has 0 spiro atoms. The lowest BCUT2D eigenvalue weighted by molar-refractivity contribution is 0.830. The van der Waals surface area contributed by atoms with Gasteiger partial charge in [0, 0.05) is 22.8 Å². The van der Waals surface area contributed by atoms with Crippen LogP contribution in [0.5, 0.6) is 0 Å². The lowest BCUT2D eigenvalue weighted by Crippen LogP contribution is -2.01. The van der Waals surface area contributed by atoms with Crippen LogP contribution in [-0.2, 0) is 6.42 Å². The summed E-state index contributed by atoms with van der Waals surface area (Å²) >= 11 is 0. The van der Waals surface area contributed by atoms with Crippen molar-refractivity contribution in [2.45, 2.75) is 27.2 Å². The largest absolute Gasteiger partial charge is 0.196 e. The minimum Gasteiger partial charge on any atom is -0.196 e. The van der Waals surface area contributed by atoms with Gasteiger partial charge in [0.2, 0.25) is 0 Å². The van der Waals surface area contributed by atoms with Crippen LogP contribution in [0.15, 0.2) is 42.5 Å². The molecule has 0 aliphatic heterocycles. The van der Waals surface area contributed by atoms with E-state index in [0.717, 1.165) is 39.9 Å². The van der Waals surface area contributed by atoms with Gasteiger partial charge in [0.05, 0.1) is 5.69 Å². The van der Waals surface area contributed by atoms with Gasteiger partial charge in [0.15, 0.2) is 11.5 Å². The van der Waals surface area contributed by atoms with E-state index in [2.05, 4.69) is 61.3 Å². The van der Waals surface area contributed by atoms with E-state index in [4.69, 9.17) is 5.10 Å². The van der Waals surface area contributed by atoms with Gasteiger partial charge in [0.1, 0.15) is 0 Å². The molecule has 2 aromatic carbocycles. The van der Waals surface area contributed by atoms with Crippen LogP contribution in [0.4, 0.5) is 0 Å². The quantitative estimate of drug-likeness (QED) is 0.559. The summed E-state index contributed by atoms with van der Waals surface area (Å²) in [6.07, 6.45) is 0.804. The molecule has 23 heavy (non-hydrogen) atoms. The first-order valence-electron chi connectivity index (χ1n) is 7.89. The Kier molecular flexibility index (Phi) is 3.11. The lowest BCUT2D eigenvalue weighted by Gasteiger charge is -2.10. The molecule has 4 aromatic rings. The molecule has 0 saturated heterocycles. The third kappa shape index (κ3) is 2.10. The van der Waals surface area contributed by atoms with E-state index in [1.807, 2.05) is 16.6 Å². The summed E-state index contributed by atoms with van der Waals surface area (Å²) in [5.74, 6) is 0.885. The third-order valence-corrected chi connectivity index (χ3v) is 4.42. The average molecular weight is 302 g/mol. The minimum absolute atomic E-state index is 0.804. The fourth-order valence-corrected chi connectivity index (χ4v) is 2.95. The van der Waals surface area contributed by atoms with Crippen LogP contribution in [0.2, 0.25) is 0 Å². The number of rotatable bonds is 2. The smallest absolute Gasteiger partial charge is 0.185 e. The Morgan fingerprint density at radius 2 is 1.70 bits per heavy atom. The van der Waals surface area contributed by atoms with Gasteiger partial charge in [-0.25, -0.2) is 0 Å². The minimum atomic E-state index is 0.804. The number of hydrogen-bond acceptors (Lipinski definition) is 3. The van der Waals surface area contributed by atoms with Gasteiger partial charge in [-0.2, -0.15) is 9.61 Å². The second-order valence-corrected chi connectivity index (χ2v) is 5.90. The highest BCUT2D eigenvalue weighted by Crippen LogP contribution is 2.30. The molecule has 0 amide bonds. The zero-order valence-corrected chi connectivity index (χ0v) is 13.5. The van der Waals surface area contributed by atoms with Crippen molar-refractivity contribution in [3.8, 4) is 11.3 Å². The van der Waals surface area contributed by atoms with Crippen molar-refractivity contribution in [1.29, 1.82) is 0 Å². The first-order chi connectivity index (χ1) is 11.2. The van der Waals surface area contributed by atoms with Crippen molar-refractivity contribution in [3.63, 3.8) is 0 Å². The Hall–Kier alpha value is -2.75. The molecule has 0 atom stereocenters. The number of aromatic nitrogens is 4. The Balaban J connectivity index is 2.12. The highest BCUT2D eigenvalue weighted by molar-refractivity contribution is 6.01. The summed E-state index contributed by atoms with van der Waals surface area (Å²) in [5, 5.41) is 15.7. The Morgan fingerprint density at radius 1 is 0.913 bits per heavy atom. The molecular formula is C19H18N4. The summed E-state index contributed by atoms with van der Waals surface area (Å²) in [5.41, 5.74) is 5.49. The molecule has 0 fully saturated rings. The molecule has 4 nitrogen and oxygen atoms in total. The van der Waals surface area contributed by atoms with Crippen molar-refractivity contribution in [1.82, 2.24) is 19.8 Å². The Labute approximate surface area is 134 Å². The molecule has 0 radical (unpaired) electrons. The summed E-state index contributed by atoms with van der Waals surface area (Å²) in [4.78, 5) is 0. The predicted octanol–water partition coefficient (Wildman–Crippen LogP) is 4.12. The van der Waals surface area contributed by atoms with Gasteiger partial charge < -0.3 is 0 Å². The second-order valence-electron chi connectivity index (χ2n) is 5.90. The van der Waals surface area contributed by atoms with Crippen molar-refractivity contribution in [3.05, 3.63) is 59.4 Å². The Bertz CT molecular complexity index is 1030. The van der Waals surface area contributed by atoms with Crippen molar-refractivity contribution >= 4 is 16.4 Å². The molecule has 0 saturated carbocycles. The lowest BCUT2D eigenvalue weighted by atomic mass is 10.0. The van der Waals surface area contributed by atoms with Crippen LogP contribution in [0.1, 0.15) is 23.9 Å². The van der Waals surface area contributed by atoms with Gasteiger partial charge in [0.25, 0.3) is 0 Å². The SMILES string of the molecule is CCc1nnc2c3ccccc3c(-c3ccc(C)c(C)c3)nn12. The van der Waals surface area contributed by atoms with Crippen LogP contribution >= 0.6 is 0 Å². The molecule has 114 valence electrons. The molecule has 2 aromatic heterocycles. The number of fused-ring (bicyclic) bond motifs is 3. The topological polar surface area (TPSA) is 43.1 Å². The van der Waals surface area contributed by atoms with E-state index in [-0.39, 0.29) is 0 Å². The van der Waals surface area contributed by atoms with Gasteiger partial charge in [-0.3, -0.25) is 0 Å². The summed E-state index contributed by atoms with van der Waals surface area (Å²) in [6.45, 7) is 6.33. The zero-order valence-electron chi connectivity index (χ0n) is 13.5. The van der Waals surface area contributed by atoms with E-state index in [9.17, 15) is 0 Å². The number of benzene rings is 2. The Morgan fingerprint density at radius 3 is 2.43 bits per heavy atom. The van der Waals surface area contributed by atoms with Gasteiger partial charge in [-0.05, 0) is 31.0 Å². The van der Waals surface area contributed by atoms with Crippen molar-refractivity contribution in [2.24, 2.45) is 0 Å². The molecular weight excluding hydrogens is 284 g/mol. The molecule has 0 bridgehead atoms. The van der Waals surface area contributed by atoms with Crippen molar-refractivity contribution < 1.29 is 0 Å². The normalized spacial score (nSPS) is 11.4. The van der Waals surface area contributed by atoms with Crippen LogP contribution in [-0.4, -0.2) is 19.8 Å². The van der Waals surface area contributed by atoms with E-state index in [1.54, 1.807) is 0 Å². The maximum atomic E-state index is 4.87. The summed E-state index contributed by atoms with van der Waals surface area (Å²) in [7, 11) is 0. The number of aryl methyl sites for hydroxylation is 3. The van der Waals surface area contributed by atoms with Crippen LogP contribution in [0.25, 0.3) is 27.7 Å². The van der Waals surface area contributed by atoms with E-state index >= 15 is 0 Å². The molecule has 0 aliphatic rings. The first kappa shape index (κ1) is 13.9. The maximum absolute atomic E-state index is 4.87. The van der Waals surface area contributed by atoms with Crippen LogP contribution in [0.3, 0.4) is 0 Å². The fraction of sp³-hybridized carbons (Fsp3) is 0.211. The van der Waals surface area contributed by atoms with E-state index in [1.165, 1.54) is 11.1 Å². The molecule has 0 unspecified atom stereocenters. The monoisotopic (exact) mass is 302 g/mol. The molecule has 4 rings (SSSR count). The van der Waals surface area contributed by atoms with Crippen molar-refractivity contribution in [2.75, 3.05) is 0 Å². The highest BCUT2D eigenvalue weighted by atomic mass is 15.4. The maximum Gasteiger partial charge on any atom is 0.185 e. The van der Waals surface area contributed by atoms with Gasteiger partial charge >= 0.3 is 0 Å². The standard InChI is InChI=1S/C19H18N4/c1-4-17-20-21-19-16-8-6-5-7-15(16)18(22-23(17)19)14-10-9-12(2)13(3)11-14/h5-11H,4H2,1-3H3. The van der Waals surface area contributed by atoms with E-state index in [0.29, 0.717) is 0 Å². The third-order valence-electron chi connectivity index (χ3n) is 4.42. The van der Waals surface area contributed by atoms with Crippen LogP contribution < -0.4 is 0 Å². The second kappa shape index (κ2) is 5.16. The first-order valence-corrected chi connectivity index (χ1v) is 7.89. The average Bonchev–Trinajstić information content (AvgIpc) is 3.00. The molecule has 0 aliphatic carbocycles. The zero-order chi connectivity index (χ0) is 16.0. The van der Waals surface area contributed by atoms with Gasteiger partial charge in [-0.15, -0.1) is 10.2 Å². The number of nitrogens with zero attached hydrogens (tertiary/aromatic N) is 4. The highest BCUT2D eigenvalue weighted by Gasteiger charge is 2.14. The predicted molar refractivity (Wildman–Crippen MR) is 92.6 cm³/mol. The summed E-state index contributed by atoms with van der Waals surface area (Å²) < 4.78 is 1.88. The van der Waals surface area contributed by atoms with E-state index < -0.39 is 0 Å². The summed E-state index contributed by atoms with van der Waals surface area (Å²) in [6, 6.07) is 14.8.